The van der Waals surface area contributed by atoms with E-state index in [1.54, 1.807) is 30.3 Å². The number of benzene rings is 2. The minimum absolute atomic E-state index is 0.00679. The summed E-state index contributed by atoms with van der Waals surface area (Å²) in [5.41, 5.74) is 1.18. The second-order valence-corrected chi connectivity index (χ2v) is 8.43. The van der Waals surface area contributed by atoms with Gasteiger partial charge in [-0.25, -0.2) is 4.79 Å². The molecule has 0 aromatic heterocycles. The van der Waals surface area contributed by atoms with Crippen LogP contribution in [0.4, 0.5) is 5.69 Å². The topological polar surface area (TPSA) is 103 Å². The molecule has 2 aliphatic rings. The molecule has 0 spiro atoms. The molecule has 1 N–H and O–H groups in total. The number of hydrogen-bond acceptors (Lipinski definition) is 7. The number of para-hydroxylation sites is 3. The van der Waals surface area contributed by atoms with Crippen LogP contribution in [0, 0.1) is 0 Å². The summed E-state index contributed by atoms with van der Waals surface area (Å²) in [5, 5.41) is 2.52. The van der Waals surface area contributed by atoms with Gasteiger partial charge in [-0.15, -0.1) is 0 Å². The third kappa shape index (κ3) is 4.87. The number of amides is 2. The summed E-state index contributed by atoms with van der Waals surface area (Å²) < 4.78 is 22.4. The van der Waals surface area contributed by atoms with Crippen LogP contribution >= 0.6 is 0 Å². The number of anilines is 1. The van der Waals surface area contributed by atoms with Crippen LogP contribution < -0.4 is 24.4 Å². The number of likely N-dealkylation sites (N-methyl/N-ethyl adjacent to an activating group) is 1. The predicted molar refractivity (Wildman–Crippen MR) is 119 cm³/mol. The van der Waals surface area contributed by atoms with Gasteiger partial charge in [-0.3, -0.25) is 9.59 Å². The Kier molecular flexibility index (Phi) is 6.13. The van der Waals surface area contributed by atoms with E-state index in [0.717, 1.165) is 12.0 Å². The number of carbonyl (C=O) groups excluding carboxylic acids is 3. The van der Waals surface area contributed by atoms with E-state index >= 15 is 0 Å². The summed E-state index contributed by atoms with van der Waals surface area (Å²) in [5.74, 6) is -0.0376. The van der Waals surface area contributed by atoms with Crippen LogP contribution in [0.2, 0.25) is 0 Å². The van der Waals surface area contributed by atoms with Crippen LogP contribution in [0.5, 0.6) is 17.2 Å². The normalized spacial score (nSPS) is 17.7. The molecule has 0 saturated carbocycles. The third-order valence-corrected chi connectivity index (χ3v) is 5.37. The largest absolute Gasteiger partial charge is 0.483 e. The Labute approximate surface area is 191 Å². The first-order valence-electron chi connectivity index (χ1n) is 10.6. The summed E-state index contributed by atoms with van der Waals surface area (Å²) >= 11 is 0. The zero-order valence-electron chi connectivity index (χ0n) is 18.8. The van der Waals surface area contributed by atoms with E-state index in [1.807, 2.05) is 26.0 Å². The lowest BCUT2D eigenvalue weighted by molar-refractivity contribution is -0.150. The van der Waals surface area contributed by atoms with E-state index in [-0.39, 0.29) is 24.7 Å². The maximum absolute atomic E-state index is 12.8. The minimum atomic E-state index is -0.864. The van der Waals surface area contributed by atoms with Crippen molar-refractivity contribution in [1.29, 1.82) is 0 Å². The molecule has 33 heavy (non-hydrogen) atoms. The van der Waals surface area contributed by atoms with E-state index in [1.165, 1.54) is 11.9 Å². The fraction of sp³-hybridized carbons (Fsp3) is 0.375. The maximum atomic E-state index is 12.8. The van der Waals surface area contributed by atoms with Gasteiger partial charge in [-0.2, -0.15) is 0 Å². The highest BCUT2D eigenvalue weighted by atomic mass is 16.6. The Bertz CT molecular complexity index is 1080. The highest BCUT2D eigenvalue weighted by Gasteiger charge is 2.34. The summed E-state index contributed by atoms with van der Waals surface area (Å²) in [6.07, 6.45) is -0.117. The Morgan fingerprint density at radius 2 is 1.91 bits per heavy atom. The molecule has 9 heteroatoms. The second-order valence-electron chi connectivity index (χ2n) is 8.43. The first-order valence-corrected chi connectivity index (χ1v) is 10.6. The molecule has 0 fully saturated rings. The van der Waals surface area contributed by atoms with Crippen molar-refractivity contribution in [2.24, 2.45) is 0 Å². The molecule has 4 rings (SSSR count). The van der Waals surface area contributed by atoms with Crippen LogP contribution in [0.25, 0.3) is 0 Å². The summed E-state index contributed by atoms with van der Waals surface area (Å²) in [6.45, 7) is 3.11. The average molecular weight is 454 g/mol. The van der Waals surface area contributed by atoms with Crippen molar-refractivity contribution >= 4 is 23.5 Å². The summed E-state index contributed by atoms with van der Waals surface area (Å²) in [7, 11) is 1.49. The number of ether oxygens (including phenoxy) is 4. The minimum Gasteiger partial charge on any atom is -0.483 e. The number of rotatable bonds is 6. The van der Waals surface area contributed by atoms with Crippen molar-refractivity contribution in [1.82, 2.24) is 5.32 Å². The number of nitrogens with one attached hydrogen (secondary N) is 1. The van der Waals surface area contributed by atoms with Crippen LogP contribution in [0.1, 0.15) is 19.4 Å². The smallest absolute Gasteiger partial charge is 0.344 e. The summed E-state index contributed by atoms with van der Waals surface area (Å²) in [6, 6.07) is 12.4. The molecule has 0 bridgehead atoms. The van der Waals surface area contributed by atoms with Gasteiger partial charge in [0, 0.05) is 19.0 Å². The first-order chi connectivity index (χ1) is 15.8. The highest BCUT2D eigenvalue weighted by Crippen LogP contribution is 2.41. The van der Waals surface area contributed by atoms with Gasteiger partial charge in [0.1, 0.15) is 11.4 Å². The fourth-order valence-corrected chi connectivity index (χ4v) is 3.87. The van der Waals surface area contributed by atoms with Crippen LogP contribution in [-0.4, -0.2) is 56.3 Å². The zero-order valence-corrected chi connectivity index (χ0v) is 18.8. The first kappa shape index (κ1) is 22.4. The predicted octanol–water partition coefficient (Wildman–Crippen LogP) is 1.86. The van der Waals surface area contributed by atoms with Crippen LogP contribution in [-0.2, 0) is 25.5 Å². The lowest BCUT2D eigenvalue weighted by Gasteiger charge is -2.33. The van der Waals surface area contributed by atoms with Gasteiger partial charge < -0.3 is 29.2 Å². The van der Waals surface area contributed by atoms with Crippen molar-refractivity contribution in [3.05, 3.63) is 48.0 Å². The Balaban J connectivity index is 1.35. The lowest BCUT2D eigenvalue weighted by atomic mass is 10.0. The van der Waals surface area contributed by atoms with E-state index in [0.29, 0.717) is 22.9 Å². The van der Waals surface area contributed by atoms with Gasteiger partial charge in [-0.05, 0) is 32.0 Å². The molecule has 2 aromatic carbocycles. The van der Waals surface area contributed by atoms with Gasteiger partial charge in [0.25, 0.3) is 11.8 Å². The summed E-state index contributed by atoms with van der Waals surface area (Å²) in [4.78, 5) is 38.5. The highest BCUT2D eigenvalue weighted by molar-refractivity contribution is 5.98. The molecule has 9 nitrogen and oxygen atoms in total. The maximum Gasteiger partial charge on any atom is 0.344 e. The van der Waals surface area contributed by atoms with Crippen molar-refractivity contribution in [2.45, 2.75) is 32.0 Å². The van der Waals surface area contributed by atoms with E-state index in [2.05, 4.69) is 5.32 Å². The van der Waals surface area contributed by atoms with Crippen molar-refractivity contribution < 1.29 is 33.3 Å². The quantitative estimate of drug-likeness (QED) is 0.665. The molecule has 0 radical (unpaired) electrons. The van der Waals surface area contributed by atoms with E-state index in [9.17, 15) is 14.4 Å². The Morgan fingerprint density at radius 1 is 1.12 bits per heavy atom. The van der Waals surface area contributed by atoms with E-state index < -0.39 is 24.6 Å². The number of carbonyl (C=O) groups is 3. The number of esters is 1. The van der Waals surface area contributed by atoms with Crippen LogP contribution in [0.15, 0.2) is 42.5 Å². The molecule has 0 aliphatic carbocycles. The van der Waals surface area contributed by atoms with Crippen molar-refractivity contribution in [3.8, 4) is 17.2 Å². The van der Waals surface area contributed by atoms with E-state index in [4.69, 9.17) is 18.9 Å². The van der Waals surface area contributed by atoms with Crippen LogP contribution in [0.3, 0.4) is 0 Å². The molecule has 174 valence electrons. The van der Waals surface area contributed by atoms with Gasteiger partial charge in [-0.1, -0.05) is 24.3 Å². The Hall–Kier alpha value is -3.75. The third-order valence-electron chi connectivity index (χ3n) is 5.37. The average Bonchev–Trinajstić information content (AvgIpc) is 3.14. The SMILES string of the molecule is CNC(=O)C1CN(C(=O)COC(=O)COc2cccc3c2OC(C)(C)C3)c2ccccc2O1. The molecule has 0 saturated heterocycles. The van der Waals surface area contributed by atoms with Gasteiger partial charge in [0.05, 0.1) is 12.2 Å². The van der Waals surface area contributed by atoms with Crippen molar-refractivity contribution in [2.75, 3.05) is 31.7 Å². The molecule has 2 aliphatic heterocycles. The zero-order chi connectivity index (χ0) is 23.6. The Morgan fingerprint density at radius 3 is 2.70 bits per heavy atom. The molecular formula is C24H26N2O7. The number of fused-ring (bicyclic) bond motifs is 2. The number of nitrogens with zero attached hydrogens (tertiary/aromatic N) is 1. The standard InChI is InChI=1S/C24H26N2O7/c1-24(2)11-15-7-6-10-18(22(15)33-24)30-14-21(28)31-13-20(27)26-12-19(23(29)25-3)32-17-9-5-4-8-16(17)26/h4-10,19H,11-14H2,1-3H3,(H,25,29). The van der Waals surface area contributed by atoms with Crippen molar-refractivity contribution in [3.63, 3.8) is 0 Å². The monoisotopic (exact) mass is 454 g/mol. The molecule has 2 amide bonds. The van der Waals surface area contributed by atoms with Gasteiger partial charge in [0.2, 0.25) is 0 Å². The van der Waals surface area contributed by atoms with Gasteiger partial charge in [0.15, 0.2) is 30.8 Å². The number of hydrogen-bond donors (Lipinski definition) is 1. The molecule has 1 atom stereocenters. The molecule has 2 aromatic rings. The lowest BCUT2D eigenvalue weighted by Crippen LogP contribution is -2.51. The molecular weight excluding hydrogens is 428 g/mol. The molecule has 1 unspecified atom stereocenters. The second kappa shape index (κ2) is 9.01. The van der Waals surface area contributed by atoms with Gasteiger partial charge >= 0.3 is 5.97 Å². The molecule has 2 heterocycles. The fourth-order valence-electron chi connectivity index (χ4n) is 3.87.